The fraction of sp³-hybridized carbons (Fsp3) is 0.278. The van der Waals surface area contributed by atoms with Crippen molar-refractivity contribution >= 4 is 22.7 Å². The van der Waals surface area contributed by atoms with Gasteiger partial charge in [0.25, 0.3) is 11.6 Å². The molecule has 0 N–H and O–H groups in total. The van der Waals surface area contributed by atoms with Crippen LogP contribution in [0.25, 0.3) is 11.1 Å². The monoisotopic (exact) mass is 323 g/mol. The fourth-order valence-electron chi connectivity index (χ4n) is 3.13. The Hall–Kier alpha value is -2.89. The minimum atomic E-state index is -0.0592. The van der Waals surface area contributed by atoms with Crippen molar-refractivity contribution in [3.63, 3.8) is 0 Å². The number of benzene rings is 1. The Morgan fingerprint density at radius 1 is 1.33 bits per heavy atom. The molecule has 1 aromatic carbocycles. The largest absolute Gasteiger partial charge is 0.497 e. The Balaban J connectivity index is 1.73. The second kappa shape index (κ2) is 5.63. The fourth-order valence-corrected chi connectivity index (χ4v) is 3.13. The topological polar surface area (TPSA) is 68.5 Å². The van der Waals surface area contributed by atoms with Crippen molar-refractivity contribution in [1.29, 1.82) is 0 Å². The third-order valence-corrected chi connectivity index (χ3v) is 4.41. The summed E-state index contributed by atoms with van der Waals surface area (Å²) in [5, 5.41) is 4.66. The summed E-state index contributed by atoms with van der Waals surface area (Å²) in [6.45, 7) is 2.53. The molecule has 0 spiro atoms. The summed E-state index contributed by atoms with van der Waals surface area (Å²) in [5.74, 6) is 0.752. The Morgan fingerprint density at radius 2 is 2.21 bits per heavy atom. The lowest BCUT2D eigenvalue weighted by atomic mass is 10.0. The first-order valence-electron chi connectivity index (χ1n) is 7.88. The van der Waals surface area contributed by atoms with E-state index in [0.717, 1.165) is 40.9 Å². The molecule has 1 aliphatic heterocycles. The third kappa shape index (κ3) is 2.31. The van der Waals surface area contributed by atoms with Crippen LogP contribution in [0.1, 0.15) is 28.0 Å². The Labute approximate surface area is 139 Å². The van der Waals surface area contributed by atoms with Crippen molar-refractivity contribution in [3.8, 4) is 5.75 Å². The zero-order valence-electron chi connectivity index (χ0n) is 13.6. The van der Waals surface area contributed by atoms with Gasteiger partial charge in [-0.05, 0) is 49.6 Å². The standard InChI is InChI=1S/C18H17N3O3/c1-11-15-9-13(10-19-17(15)24-20-11)18(22)21-7-3-4-12-8-14(23-2)5-6-16(12)21/h5-6,8-10H,3-4,7H2,1-2H3. The van der Waals surface area contributed by atoms with E-state index in [1.807, 2.05) is 30.0 Å². The molecule has 4 rings (SSSR count). The lowest BCUT2D eigenvalue weighted by molar-refractivity contribution is 0.0985. The van der Waals surface area contributed by atoms with Gasteiger partial charge in [-0.15, -0.1) is 0 Å². The van der Waals surface area contributed by atoms with Gasteiger partial charge in [0.1, 0.15) is 5.75 Å². The van der Waals surface area contributed by atoms with Crippen LogP contribution in [0.4, 0.5) is 5.69 Å². The molecule has 3 heterocycles. The van der Waals surface area contributed by atoms with Crippen molar-refractivity contribution in [2.75, 3.05) is 18.6 Å². The molecule has 1 amide bonds. The molecule has 0 aliphatic carbocycles. The van der Waals surface area contributed by atoms with E-state index in [9.17, 15) is 4.79 Å². The van der Waals surface area contributed by atoms with Gasteiger partial charge in [0.2, 0.25) is 0 Å². The summed E-state index contributed by atoms with van der Waals surface area (Å²) in [5.41, 5.74) is 3.79. The molecule has 0 atom stereocenters. The molecule has 6 heteroatoms. The number of fused-ring (bicyclic) bond motifs is 2. The molecular weight excluding hydrogens is 306 g/mol. The number of hydrogen-bond acceptors (Lipinski definition) is 5. The molecule has 2 aromatic heterocycles. The number of aromatic nitrogens is 2. The minimum absolute atomic E-state index is 0.0592. The van der Waals surface area contributed by atoms with Crippen molar-refractivity contribution in [2.24, 2.45) is 0 Å². The normalized spacial score (nSPS) is 13.8. The maximum Gasteiger partial charge on any atom is 0.259 e. The number of nitrogens with zero attached hydrogens (tertiary/aromatic N) is 3. The number of hydrogen-bond donors (Lipinski definition) is 0. The molecule has 3 aromatic rings. The van der Waals surface area contributed by atoms with Gasteiger partial charge < -0.3 is 14.2 Å². The maximum absolute atomic E-state index is 13.0. The Bertz CT molecular complexity index is 932. The molecule has 0 fully saturated rings. The van der Waals surface area contributed by atoms with Gasteiger partial charge in [0, 0.05) is 18.4 Å². The summed E-state index contributed by atoms with van der Waals surface area (Å²) in [4.78, 5) is 19.0. The lowest BCUT2D eigenvalue weighted by Crippen LogP contribution is -2.35. The van der Waals surface area contributed by atoms with Crippen molar-refractivity contribution in [3.05, 3.63) is 47.3 Å². The van der Waals surface area contributed by atoms with Gasteiger partial charge >= 0.3 is 0 Å². The summed E-state index contributed by atoms with van der Waals surface area (Å²) in [6.07, 6.45) is 3.42. The van der Waals surface area contributed by atoms with Crippen LogP contribution < -0.4 is 9.64 Å². The number of pyridine rings is 1. The Morgan fingerprint density at radius 3 is 3.04 bits per heavy atom. The number of methoxy groups -OCH3 is 1. The SMILES string of the molecule is COc1ccc2c(c1)CCCN2C(=O)c1cnc2onc(C)c2c1. The van der Waals surface area contributed by atoms with Crippen LogP contribution in [0.15, 0.2) is 35.0 Å². The van der Waals surface area contributed by atoms with E-state index in [2.05, 4.69) is 10.1 Å². The highest BCUT2D eigenvalue weighted by molar-refractivity contribution is 6.08. The van der Waals surface area contributed by atoms with E-state index in [0.29, 0.717) is 17.8 Å². The predicted molar refractivity (Wildman–Crippen MR) is 89.5 cm³/mol. The van der Waals surface area contributed by atoms with Crippen LogP contribution in [-0.4, -0.2) is 29.7 Å². The third-order valence-electron chi connectivity index (χ3n) is 4.41. The van der Waals surface area contributed by atoms with E-state index < -0.39 is 0 Å². The average Bonchev–Trinajstić information content (AvgIpc) is 3.00. The highest BCUT2D eigenvalue weighted by atomic mass is 16.5. The molecule has 1 aliphatic rings. The van der Waals surface area contributed by atoms with Gasteiger partial charge in [0.15, 0.2) is 0 Å². The predicted octanol–water partition coefficient (Wildman–Crippen LogP) is 3.13. The van der Waals surface area contributed by atoms with E-state index in [1.165, 1.54) is 0 Å². The van der Waals surface area contributed by atoms with Crippen LogP contribution >= 0.6 is 0 Å². The second-order valence-electron chi connectivity index (χ2n) is 5.90. The number of carbonyl (C=O) groups excluding carboxylic acids is 1. The number of rotatable bonds is 2. The number of anilines is 1. The number of aryl methyl sites for hydroxylation is 2. The van der Waals surface area contributed by atoms with Crippen molar-refractivity contribution in [2.45, 2.75) is 19.8 Å². The highest BCUT2D eigenvalue weighted by Gasteiger charge is 2.25. The van der Waals surface area contributed by atoms with Gasteiger partial charge in [-0.2, -0.15) is 0 Å². The quantitative estimate of drug-likeness (QED) is 0.725. The average molecular weight is 323 g/mol. The molecule has 0 unspecified atom stereocenters. The maximum atomic E-state index is 13.0. The molecule has 0 radical (unpaired) electrons. The van der Waals surface area contributed by atoms with E-state index >= 15 is 0 Å². The first kappa shape index (κ1) is 14.7. The number of carbonyl (C=O) groups is 1. The Kier molecular flexibility index (Phi) is 3.45. The zero-order valence-corrected chi connectivity index (χ0v) is 13.6. The van der Waals surface area contributed by atoms with E-state index in [-0.39, 0.29) is 5.91 Å². The lowest BCUT2D eigenvalue weighted by Gasteiger charge is -2.29. The number of ether oxygens (including phenoxy) is 1. The smallest absolute Gasteiger partial charge is 0.259 e. The first-order chi connectivity index (χ1) is 11.7. The molecule has 0 bridgehead atoms. The summed E-state index contributed by atoms with van der Waals surface area (Å²) in [7, 11) is 1.65. The summed E-state index contributed by atoms with van der Waals surface area (Å²) < 4.78 is 10.4. The van der Waals surface area contributed by atoms with Gasteiger partial charge in [-0.3, -0.25) is 4.79 Å². The van der Waals surface area contributed by atoms with Crippen molar-refractivity contribution < 1.29 is 14.1 Å². The van der Waals surface area contributed by atoms with Gasteiger partial charge in [-0.1, -0.05) is 5.16 Å². The van der Waals surface area contributed by atoms with Gasteiger partial charge in [-0.25, -0.2) is 4.98 Å². The van der Waals surface area contributed by atoms with Crippen LogP contribution in [0, 0.1) is 6.92 Å². The van der Waals surface area contributed by atoms with Crippen LogP contribution in [0.5, 0.6) is 5.75 Å². The van der Waals surface area contributed by atoms with Crippen LogP contribution in [-0.2, 0) is 6.42 Å². The molecule has 0 saturated carbocycles. The molecule has 6 nitrogen and oxygen atoms in total. The summed E-state index contributed by atoms with van der Waals surface area (Å²) >= 11 is 0. The minimum Gasteiger partial charge on any atom is -0.497 e. The van der Waals surface area contributed by atoms with E-state index in [4.69, 9.17) is 9.26 Å². The molecule has 0 saturated heterocycles. The summed E-state index contributed by atoms with van der Waals surface area (Å²) in [6, 6.07) is 7.63. The zero-order chi connectivity index (χ0) is 16.7. The molecule has 24 heavy (non-hydrogen) atoms. The molecule has 122 valence electrons. The number of amides is 1. The van der Waals surface area contributed by atoms with Crippen molar-refractivity contribution in [1.82, 2.24) is 10.1 Å². The highest BCUT2D eigenvalue weighted by Crippen LogP contribution is 2.31. The second-order valence-corrected chi connectivity index (χ2v) is 5.90. The van der Waals surface area contributed by atoms with Gasteiger partial charge in [0.05, 0.1) is 23.8 Å². The van der Waals surface area contributed by atoms with Crippen LogP contribution in [0.3, 0.4) is 0 Å². The first-order valence-corrected chi connectivity index (χ1v) is 7.88. The van der Waals surface area contributed by atoms with E-state index in [1.54, 1.807) is 19.4 Å². The van der Waals surface area contributed by atoms with Crippen LogP contribution in [0.2, 0.25) is 0 Å². The molecular formula is C18H17N3O3.